The van der Waals surface area contributed by atoms with E-state index in [1.807, 2.05) is 20.1 Å². The van der Waals surface area contributed by atoms with E-state index in [0.717, 1.165) is 0 Å². The van der Waals surface area contributed by atoms with Gasteiger partial charge in [0.05, 0.1) is 61.8 Å². The first kappa shape index (κ1) is 105. The van der Waals surface area contributed by atoms with Crippen LogP contribution in [0.3, 0.4) is 0 Å². The molecule has 1 heterocycles. The van der Waals surface area contributed by atoms with Crippen molar-refractivity contribution in [3.63, 3.8) is 0 Å². The van der Waals surface area contributed by atoms with Crippen molar-refractivity contribution in [1.82, 2.24) is 42.2 Å². The highest BCUT2D eigenvalue weighted by atomic mass is 32.2. The van der Waals surface area contributed by atoms with Crippen LogP contribution in [0.5, 0.6) is 0 Å². The number of hydrogen-bond acceptors (Lipinski definition) is 23. The topological polar surface area (TPSA) is 662 Å². The first-order valence-electron chi connectivity index (χ1n) is 40.8. The number of aliphatic carboxylic acids is 1. The van der Waals surface area contributed by atoms with E-state index in [-0.39, 0.29) is 120 Å². The van der Waals surface area contributed by atoms with Crippen LogP contribution in [0.2, 0.25) is 0 Å². The SMILES string of the molecule is CC[C@H](C)[C@H](CC(=O)[C@@H](NC(=O)C(CC(=O)[C@H](CCCN=C(N)N)NC(=O)[C@@H](CC(=O)[C@H](CC(C)C)NC(=O)[C@H](CCSC)CC(=O)[C@H](CCCN=C(N)N)NC(=O)CN)Cc1ccccc1)C(C)C)[C@@H](C)O)C(=O)N[C@@H](CC(=O)O)C(=O)C[C@@H](CO)C(=O)N[C@@H](Cc1c[nH]c2ccccc12)C(=O)C[C@@H](CCCN=C(N)N)C(=O)NC(CS)C(N)=O. The second kappa shape index (κ2) is 54.8. The minimum Gasteiger partial charge on any atom is -0.481 e. The fourth-order valence-corrected chi connectivity index (χ4v) is 14.5. The van der Waals surface area contributed by atoms with Gasteiger partial charge in [0.25, 0.3) is 0 Å². The molecule has 15 atom stereocenters. The maximum absolute atomic E-state index is 15.0. The number of aromatic amines is 1. The molecule has 0 fully saturated rings. The van der Waals surface area contributed by atoms with Gasteiger partial charge in [0, 0.05) is 117 Å². The quantitative estimate of drug-likeness (QED) is 0.0149. The van der Waals surface area contributed by atoms with Crippen LogP contribution in [0.1, 0.15) is 162 Å². The van der Waals surface area contributed by atoms with Crippen molar-refractivity contribution in [2.45, 2.75) is 212 Å². The normalized spacial score (nSPS) is 15.1. The van der Waals surface area contributed by atoms with E-state index >= 15 is 4.79 Å². The smallest absolute Gasteiger partial charge is 0.305 e. The average Bonchev–Trinajstić information content (AvgIpc) is 1.64. The number of H-pyrrole nitrogens is 1. The third-order valence-corrected chi connectivity index (χ3v) is 21.9. The number of carbonyl (C=O) groups excluding carboxylic acids is 14. The molecular formula is C82H129N19O18S2. The van der Waals surface area contributed by atoms with Gasteiger partial charge in [-0.3, -0.25) is 86.9 Å². The Bertz CT molecular complexity index is 4040. The number of nitrogens with zero attached hydrogens (tertiary/aromatic N) is 3. The number of nitrogens with two attached hydrogens (primary N) is 8. The number of ketones is 6. The molecule has 37 nitrogen and oxygen atoms in total. The zero-order valence-corrected chi connectivity index (χ0v) is 72.3. The van der Waals surface area contributed by atoms with Crippen molar-refractivity contribution >= 4 is 141 Å². The van der Waals surface area contributed by atoms with Gasteiger partial charge in [-0.05, 0) is 112 Å². The van der Waals surface area contributed by atoms with Crippen molar-refractivity contribution in [3.05, 3.63) is 71.9 Å². The number of carboxylic acids is 1. The molecule has 27 N–H and O–H groups in total. The summed E-state index contributed by atoms with van der Waals surface area (Å²) >= 11 is 5.54. The molecule has 0 bridgehead atoms. The van der Waals surface area contributed by atoms with E-state index in [9.17, 15) is 82.4 Å². The molecule has 0 saturated carbocycles. The molecule has 2 unspecified atom stereocenters. The van der Waals surface area contributed by atoms with E-state index < -0.39 is 235 Å². The molecule has 0 aliphatic heterocycles. The molecular weight excluding hydrogens is 1600 g/mol. The Kier molecular flexibility index (Phi) is 47.5. The van der Waals surface area contributed by atoms with E-state index in [4.69, 9.17) is 45.9 Å². The summed E-state index contributed by atoms with van der Waals surface area (Å²) in [5.74, 6) is -22.0. The van der Waals surface area contributed by atoms with E-state index in [0.29, 0.717) is 34.2 Å². The number of aliphatic imine (C=N–C) groups is 3. The molecule has 0 radical (unpaired) electrons. The molecule has 121 heavy (non-hydrogen) atoms. The van der Waals surface area contributed by atoms with Crippen molar-refractivity contribution in [1.29, 1.82) is 0 Å². The molecule has 672 valence electrons. The van der Waals surface area contributed by atoms with Gasteiger partial charge in [0.15, 0.2) is 52.6 Å². The van der Waals surface area contributed by atoms with Gasteiger partial charge in [-0.15, -0.1) is 0 Å². The zero-order chi connectivity index (χ0) is 90.8. The Labute approximate surface area is 716 Å². The summed E-state index contributed by atoms with van der Waals surface area (Å²) in [7, 11) is 0. The predicted octanol–water partition coefficient (Wildman–Crippen LogP) is -0.317. The largest absolute Gasteiger partial charge is 0.481 e. The third kappa shape index (κ3) is 38.1. The van der Waals surface area contributed by atoms with E-state index in [1.54, 1.807) is 88.5 Å². The van der Waals surface area contributed by atoms with Crippen molar-refractivity contribution in [2.75, 3.05) is 50.5 Å². The number of Topliss-reactive ketones (excluding diaryl/α,β-unsaturated/α-hetero) is 6. The van der Waals surface area contributed by atoms with Gasteiger partial charge in [0.1, 0.15) is 12.1 Å². The monoisotopic (exact) mass is 1730 g/mol. The molecule has 3 rings (SSSR count). The van der Waals surface area contributed by atoms with Crippen molar-refractivity contribution < 1.29 is 87.2 Å². The van der Waals surface area contributed by atoms with Crippen LogP contribution < -0.4 is 83.1 Å². The van der Waals surface area contributed by atoms with Crippen LogP contribution >= 0.6 is 24.4 Å². The van der Waals surface area contributed by atoms with Gasteiger partial charge < -0.3 is 103 Å². The van der Waals surface area contributed by atoms with Gasteiger partial charge >= 0.3 is 5.97 Å². The molecule has 0 aliphatic rings. The number of para-hydroxylation sites is 1. The van der Waals surface area contributed by atoms with Crippen LogP contribution in [0.25, 0.3) is 10.9 Å². The summed E-state index contributed by atoms with van der Waals surface area (Å²) < 4.78 is 0. The summed E-state index contributed by atoms with van der Waals surface area (Å²) in [5, 5.41) is 51.3. The number of primary amides is 1. The number of thiol groups is 1. The number of rotatable bonds is 62. The van der Waals surface area contributed by atoms with Gasteiger partial charge in [-0.1, -0.05) is 96.5 Å². The van der Waals surface area contributed by atoms with Crippen molar-refractivity contribution in [3.8, 4) is 0 Å². The number of aliphatic hydroxyl groups is 2. The third-order valence-electron chi connectivity index (χ3n) is 20.9. The van der Waals surface area contributed by atoms with Crippen LogP contribution in [0.4, 0.5) is 0 Å². The number of aliphatic hydroxyl groups excluding tert-OH is 2. The lowest BCUT2D eigenvalue weighted by Crippen LogP contribution is -2.53. The first-order valence-corrected chi connectivity index (χ1v) is 42.8. The summed E-state index contributed by atoms with van der Waals surface area (Å²) in [6.07, 6.45) is -1.80. The molecule has 3 aromatic rings. The number of guanidine groups is 3. The zero-order valence-electron chi connectivity index (χ0n) is 70.5. The van der Waals surface area contributed by atoms with E-state index in [1.165, 1.54) is 18.7 Å². The Balaban J connectivity index is 1.97. The fourth-order valence-electron chi connectivity index (χ4n) is 13.8. The molecule has 1 aromatic heterocycles. The Hall–Kier alpha value is -10.4. The molecule has 0 aliphatic carbocycles. The predicted molar refractivity (Wildman–Crippen MR) is 464 cm³/mol. The number of amides is 8. The Morgan fingerprint density at radius 2 is 0.950 bits per heavy atom. The second-order valence-electron chi connectivity index (χ2n) is 31.4. The highest BCUT2D eigenvalue weighted by molar-refractivity contribution is 7.98. The number of fused-ring (bicyclic) bond motifs is 1. The molecule has 0 saturated heterocycles. The lowest BCUT2D eigenvalue weighted by molar-refractivity contribution is -0.142. The summed E-state index contributed by atoms with van der Waals surface area (Å²) in [5.41, 5.74) is 46.2. The second-order valence-corrected chi connectivity index (χ2v) is 32.7. The number of thioether (sulfide) groups is 1. The number of carboxylic acid groups (broad SMARTS) is 1. The number of carbonyl (C=O) groups is 15. The van der Waals surface area contributed by atoms with Crippen LogP contribution in [0.15, 0.2) is 75.8 Å². The van der Waals surface area contributed by atoms with Gasteiger partial charge in [-0.2, -0.15) is 24.4 Å². The van der Waals surface area contributed by atoms with Crippen LogP contribution in [-0.2, 0) is 84.8 Å². The molecule has 8 amide bonds. The van der Waals surface area contributed by atoms with Crippen LogP contribution in [-0.4, -0.2) is 225 Å². The maximum atomic E-state index is 15.0. The van der Waals surface area contributed by atoms with Gasteiger partial charge in [0.2, 0.25) is 47.3 Å². The van der Waals surface area contributed by atoms with Crippen molar-refractivity contribution in [2.24, 2.45) is 114 Å². The average molecular weight is 1730 g/mol. The Morgan fingerprint density at radius 3 is 1.47 bits per heavy atom. The molecule has 0 spiro atoms. The maximum Gasteiger partial charge on any atom is 0.305 e. The van der Waals surface area contributed by atoms with Gasteiger partial charge in [-0.25, -0.2) is 0 Å². The number of benzene rings is 2. The highest BCUT2D eigenvalue weighted by Gasteiger charge is 2.41. The number of aromatic nitrogens is 1. The minimum atomic E-state index is -1.90. The fraction of sp³-hybridized carbons (Fsp3) is 0.610. The molecule has 39 heteroatoms. The van der Waals surface area contributed by atoms with Crippen LogP contribution in [0, 0.1) is 53.3 Å². The summed E-state index contributed by atoms with van der Waals surface area (Å²) in [4.78, 5) is 227. The lowest BCUT2D eigenvalue weighted by atomic mass is 9.83. The standard InChI is InChI=1S/C82H129N19O18S2/c1-9-46(6)56(79(119)99-62(39-71(111)112)67(107)36-53(42-102)77(117)98-61(32-52-41-94-57-22-14-13-21-54(52)57)65(105)33-49(20-15-26-91-80(85)86)74(114)100-63(43-120)73(84)113)38-69(109)72(47(7)103)101-78(118)55(45(4)5)37-68(108)59(24-17-28-93-82(89)90)96-76(116)51(31-48-18-11-10-12-19-48)35-66(106)60(30-44(2)3)97-75(115)50(25-29-121-8)34-64(104)58(95-70(110)40-83)23-16-27-92-81(87)88/h10-14,18-19,21-22,41,44-47,49-51,53,55-56,58-63,72,94,102-103,120H,9,15-17,20,23-40,42-43,83H2,1-8H3,(H2,84,113)(H,95,110)(H,96,116)(H,97,115)(H,98,117)(H,99,119)(H,100,114)(H,101,118)(H,111,112)(H4,85,86,91)(H4,87,88,92)(H4,89,90,93)/t46-,47+,49+,50+,51+,53-,55?,56-,58-,59-,60-,61-,62-,63?,72-/m0/s1. The summed E-state index contributed by atoms with van der Waals surface area (Å²) in [6.45, 7) is 10.1. The number of nitrogens with one attached hydrogen (secondary N) is 8. The Morgan fingerprint density at radius 1 is 0.496 bits per heavy atom. The first-order chi connectivity index (χ1) is 57.2. The lowest BCUT2D eigenvalue weighted by Gasteiger charge is -2.29. The van der Waals surface area contributed by atoms with E-state index in [2.05, 4.69) is 69.8 Å². The highest BCUT2D eigenvalue weighted by Crippen LogP contribution is 2.28. The number of hydrogen-bond donors (Lipinski definition) is 20. The molecule has 2 aromatic carbocycles. The minimum absolute atomic E-state index is 0.00160. The summed E-state index contributed by atoms with van der Waals surface area (Å²) in [6, 6.07) is 5.87.